The first-order chi connectivity index (χ1) is 10.6. The molecule has 2 aromatic carbocycles. The molecular weight excluding hydrogens is 276 g/mol. The highest BCUT2D eigenvalue weighted by atomic mass is 16.5. The Morgan fingerprint density at radius 1 is 0.909 bits per heavy atom. The molecular formula is C18H18N2O2. The number of fused-ring (bicyclic) bond motifs is 1. The van der Waals surface area contributed by atoms with Crippen molar-refractivity contribution in [2.45, 2.75) is 6.92 Å². The number of hydrogen-bond donors (Lipinski definition) is 1. The average molecular weight is 294 g/mol. The SMILES string of the molecule is COc1ccc(-c2cc3cc(C)ccc3c(N)n2)cc1OC. The second-order valence-corrected chi connectivity index (χ2v) is 5.19. The van der Waals surface area contributed by atoms with Gasteiger partial charge in [-0.1, -0.05) is 23.8 Å². The number of anilines is 1. The Balaban J connectivity index is 2.17. The van der Waals surface area contributed by atoms with Crippen LogP contribution in [0.25, 0.3) is 22.0 Å². The normalized spacial score (nSPS) is 10.7. The highest BCUT2D eigenvalue weighted by Crippen LogP contribution is 2.33. The fourth-order valence-corrected chi connectivity index (χ4v) is 2.55. The van der Waals surface area contributed by atoms with Gasteiger partial charge in [0.05, 0.1) is 19.9 Å². The summed E-state index contributed by atoms with van der Waals surface area (Å²) in [4.78, 5) is 4.51. The fraction of sp³-hybridized carbons (Fsp3) is 0.167. The van der Waals surface area contributed by atoms with E-state index >= 15 is 0 Å². The lowest BCUT2D eigenvalue weighted by atomic mass is 10.0. The van der Waals surface area contributed by atoms with E-state index in [0.717, 1.165) is 22.0 Å². The fourth-order valence-electron chi connectivity index (χ4n) is 2.55. The molecule has 0 radical (unpaired) electrons. The van der Waals surface area contributed by atoms with Crippen molar-refractivity contribution in [3.63, 3.8) is 0 Å². The van der Waals surface area contributed by atoms with Gasteiger partial charge in [-0.3, -0.25) is 0 Å². The number of ether oxygens (including phenoxy) is 2. The standard InChI is InChI=1S/C18H18N2O2/c1-11-4-6-14-13(8-11)9-15(20-18(14)19)12-5-7-16(21-2)17(10-12)22-3/h4-10H,1-3H3,(H2,19,20). The van der Waals surface area contributed by atoms with Crippen LogP contribution >= 0.6 is 0 Å². The van der Waals surface area contributed by atoms with Gasteiger partial charge in [0.15, 0.2) is 11.5 Å². The Kier molecular flexibility index (Phi) is 3.59. The van der Waals surface area contributed by atoms with Gasteiger partial charge >= 0.3 is 0 Å². The Labute approximate surface area is 129 Å². The smallest absolute Gasteiger partial charge is 0.161 e. The third-order valence-corrected chi connectivity index (χ3v) is 3.70. The first-order valence-electron chi connectivity index (χ1n) is 7.01. The molecule has 22 heavy (non-hydrogen) atoms. The Bertz CT molecular complexity index is 844. The molecule has 2 N–H and O–H groups in total. The molecule has 112 valence electrons. The van der Waals surface area contributed by atoms with Gasteiger partial charge in [0.25, 0.3) is 0 Å². The maximum Gasteiger partial charge on any atom is 0.161 e. The highest BCUT2D eigenvalue weighted by Gasteiger charge is 2.09. The van der Waals surface area contributed by atoms with Crippen LogP contribution in [0.15, 0.2) is 42.5 Å². The monoisotopic (exact) mass is 294 g/mol. The number of benzene rings is 2. The van der Waals surface area contributed by atoms with E-state index in [0.29, 0.717) is 17.3 Å². The summed E-state index contributed by atoms with van der Waals surface area (Å²) in [6.45, 7) is 2.06. The van der Waals surface area contributed by atoms with Crippen molar-refractivity contribution in [3.8, 4) is 22.8 Å². The number of nitrogens with zero attached hydrogens (tertiary/aromatic N) is 1. The van der Waals surface area contributed by atoms with E-state index < -0.39 is 0 Å². The molecule has 0 unspecified atom stereocenters. The quantitative estimate of drug-likeness (QED) is 0.798. The van der Waals surface area contributed by atoms with Gasteiger partial charge in [-0.25, -0.2) is 4.98 Å². The minimum absolute atomic E-state index is 0.530. The van der Waals surface area contributed by atoms with Crippen LogP contribution in [0.1, 0.15) is 5.56 Å². The van der Waals surface area contributed by atoms with Crippen LogP contribution in [0, 0.1) is 6.92 Å². The predicted octanol–water partition coefficient (Wildman–Crippen LogP) is 3.81. The molecule has 0 saturated heterocycles. The van der Waals surface area contributed by atoms with Gasteiger partial charge in [0, 0.05) is 10.9 Å². The van der Waals surface area contributed by atoms with E-state index in [-0.39, 0.29) is 0 Å². The number of rotatable bonds is 3. The lowest BCUT2D eigenvalue weighted by Gasteiger charge is -2.11. The van der Waals surface area contributed by atoms with Crippen LogP contribution in [0.4, 0.5) is 5.82 Å². The molecule has 0 fully saturated rings. The van der Waals surface area contributed by atoms with Gasteiger partial charge in [0.1, 0.15) is 5.82 Å². The number of nitrogen functional groups attached to an aromatic ring is 1. The van der Waals surface area contributed by atoms with Gasteiger partial charge in [0.2, 0.25) is 0 Å². The molecule has 0 saturated carbocycles. The van der Waals surface area contributed by atoms with Crippen molar-refractivity contribution in [2.75, 3.05) is 20.0 Å². The predicted molar refractivity (Wildman–Crippen MR) is 89.4 cm³/mol. The second-order valence-electron chi connectivity index (χ2n) is 5.19. The largest absolute Gasteiger partial charge is 0.493 e. The van der Waals surface area contributed by atoms with Crippen molar-refractivity contribution in [3.05, 3.63) is 48.0 Å². The van der Waals surface area contributed by atoms with Crippen LogP contribution in [0.5, 0.6) is 11.5 Å². The average Bonchev–Trinajstić information content (AvgIpc) is 2.53. The zero-order valence-corrected chi connectivity index (χ0v) is 12.9. The molecule has 1 aromatic heterocycles. The number of hydrogen-bond acceptors (Lipinski definition) is 4. The van der Waals surface area contributed by atoms with Crippen LogP contribution in [0.2, 0.25) is 0 Å². The van der Waals surface area contributed by atoms with Gasteiger partial charge in [-0.05, 0) is 36.6 Å². The minimum Gasteiger partial charge on any atom is -0.493 e. The van der Waals surface area contributed by atoms with Crippen molar-refractivity contribution < 1.29 is 9.47 Å². The van der Waals surface area contributed by atoms with Crippen LogP contribution < -0.4 is 15.2 Å². The first kappa shape index (κ1) is 14.2. The van der Waals surface area contributed by atoms with E-state index in [1.54, 1.807) is 14.2 Å². The second kappa shape index (κ2) is 5.56. The Hall–Kier alpha value is -2.75. The van der Waals surface area contributed by atoms with Crippen molar-refractivity contribution >= 4 is 16.6 Å². The lowest BCUT2D eigenvalue weighted by Crippen LogP contribution is -1.96. The number of methoxy groups -OCH3 is 2. The van der Waals surface area contributed by atoms with E-state index in [1.165, 1.54) is 5.56 Å². The van der Waals surface area contributed by atoms with E-state index in [4.69, 9.17) is 15.2 Å². The molecule has 0 aliphatic carbocycles. The van der Waals surface area contributed by atoms with E-state index in [1.807, 2.05) is 36.4 Å². The maximum atomic E-state index is 6.10. The minimum atomic E-state index is 0.530. The van der Waals surface area contributed by atoms with Gasteiger partial charge in [-0.2, -0.15) is 0 Å². The highest BCUT2D eigenvalue weighted by molar-refractivity contribution is 5.94. The molecule has 0 atom stereocenters. The number of nitrogens with two attached hydrogens (primary N) is 1. The first-order valence-corrected chi connectivity index (χ1v) is 7.01. The Morgan fingerprint density at radius 2 is 1.68 bits per heavy atom. The molecule has 3 aromatic rings. The zero-order valence-electron chi connectivity index (χ0n) is 12.9. The lowest BCUT2D eigenvalue weighted by molar-refractivity contribution is 0.355. The molecule has 0 bridgehead atoms. The molecule has 4 nitrogen and oxygen atoms in total. The number of aryl methyl sites for hydroxylation is 1. The molecule has 0 aliphatic rings. The van der Waals surface area contributed by atoms with Crippen LogP contribution in [-0.2, 0) is 0 Å². The third-order valence-electron chi connectivity index (χ3n) is 3.70. The molecule has 4 heteroatoms. The molecule has 3 rings (SSSR count). The van der Waals surface area contributed by atoms with E-state index in [9.17, 15) is 0 Å². The topological polar surface area (TPSA) is 57.4 Å². The Morgan fingerprint density at radius 3 is 2.41 bits per heavy atom. The van der Waals surface area contributed by atoms with Crippen molar-refractivity contribution in [1.82, 2.24) is 4.98 Å². The third kappa shape index (κ3) is 2.44. The summed E-state index contributed by atoms with van der Waals surface area (Å²) >= 11 is 0. The number of pyridine rings is 1. The molecule has 0 aliphatic heterocycles. The summed E-state index contributed by atoms with van der Waals surface area (Å²) in [6.07, 6.45) is 0. The summed E-state index contributed by atoms with van der Waals surface area (Å²) in [5, 5.41) is 2.05. The molecule has 0 amide bonds. The van der Waals surface area contributed by atoms with Gasteiger partial charge in [-0.15, -0.1) is 0 Å². The van der Waals surface area contributed by atoms with E-state index in [2.05, 4.69) is 18.0 Å². The van der Waals surface area contributed by atoms with Crippen molar-refractivity contribution in [1.29, 1.82) is 0 Å². The summed E-state index contributed by atoms with van der Waals surface area (Å²) in [5.41, 5.74) is 9.05. The number of aromatic nitrogens is 1. The van der Waals surface area contributed by atoms with Crippen LogP contribution in [-0.4, -0.2) is 19.2 Å². The molecule has 0 spiro atoms. The summed E-state index contributed by atoms with van der Waals surface area (Å²) in [7, 11) is 3.24. The molecule has 1 heterocycles. The summed E-state index contributed by atoms with van der Waals surface area (Å²) in [6, 6.07) is 13.9. The summed E-state index contributed by atoms with van der Waals surface area (Å²) in [5.74, 6) is 1.89. The zero-order chi connectivity index (χ0) is 15.7. The van der Waals surface area contributed by atoms with Crippen molar-refractivity contribution in [2.24, 2.45) is 0 Å². The summed E-state index contributed by atoms with van der Waals surface area (Å²) < 4.78 is 10.6. The maximum absolute atomic E-state index is 6.10. The van der Waals surface area contributed by atoms with Gasteiger partial charge < -0.3 is 15.2 Å². The van der Waals surface area contributed by atoms with Crippen LogP contribution in [0.3, 0.4) is 0 Å².